The summed E-state index contributed by atoms with van der Waals surface area (Å²) in [5, 5.41) is 13.9. The summed E-state index contributed by atoms with van der Waals surface area (Å²) in [4.78, 5) is 22.2. The summed E-state index contributed by atoms with van der Waals surface area (Å²) in [6, 6.07) is -1.14. The molecule has 0 aliphatic heterocycles. The highest BCUT2D eigenvalue weighted by molar-refractivity contribution is 6.01. The van der Waals surface area contributed by atoms with E-state index in [1.807, 2.05) is 0 Å². The topological polar surface area (TPSA) is 78.4 Å². The Labute approximate surface area is 95.6 Å². The predicted molar refractivity (Wildman–Crippen MR) is 60.1 cm³/mol. The van der Waals surface area contributed by atoms with Crippen LogP contribution in [-0.2, 0) is 9.59 Å². The number of carbonyl (C=O) groups is 2. The average molecular weight is 228 g/mol. The molecule has 0 spiro atoms. The summed E-state index contributed by atoms with van der Waals surface area (Å²) in [6.07, 6.45) is 5.98. The molecule has 0 aromatic carbocycles. The molecular weight excluding hydrogens is 208 g/mol. The molecule has 1 rings (SSSR count). The van der Waals surface area contributed by atoms with Crippen molar-refractivity contribution in [1.82, 2.24) is 10.6 Å². The number of hydrogen-bond donors (Lipinski definition) is 3. The molecule has 0 bridgehead atoms. The van der Waals surface area contributed by atoms with E-state index in [9.17, 15) is 9.59 Å². The van der Waals surface area contributed by atoms with Crippen LogP contribution in [0.15, 0.2) is 0 Å². The van der Waals surface area contributed by atoms with E-state index in [4.69, 9.17) is 5.11 Å². The molecule has 0 radical (unpaired) electrons. The van der Waals surface area contributed by atoms with Gasteiger partial charge in [0.2, 0.25) is 5.91 Å². The van der Waals surface area contributed by atoms with Crippen molar-refractivity contribution in [2.45, 2.75) is 38.1 Å². The zero-order valence-electron chi connectivity index (χ0n) is 9.66. The average Bonchev–Trinajstić information content (AvgIpc) is 2.28. The van der Waals surface area contributed by atoms with Gasteiger partial charge in [0.05, 0.1) is 0 Å². The SMILES string of the molecule is CNC(C(=O)O)C(=O)NCC1CCCCC1. The minimum absolute atomic E-state index is 0.444. The van der Waals surface area contributed by atoms with Crippen molar-refractivity contribution in [3.05, 3.63) is 0 Å². The first-order valence-electron chi connectivity index (χ1n) is 5.83. The number of aliphatic carboxylic acids is 1. The zero-order chi connectivity index (χ0) is 12.0. The van der Waals surface area contributed by atoms with Crippen LogP contribution in [0.1, 0.15) is 32.1 Å². The van der Waals surface area contributed by atoms with Crippen LogP contribution in [0.4, 0.5) is 0 Å². The molecule has 1 aliphatic rings. The molecule has 1 aliphatic carbocycles. The lowest BCUT2D eigenvalue weighted by Crippen LogP contribution is -2.48. The molecule has 5 nitrogen and oxygen atoms in total. The van der Waals surface area contributed by atoms with Crippen LogP contribution in [0.3, 0.4) is 0 Å². The first-order valence-corrected chi connectivity index (χ1v) is 5.83. The van der Waals surface area contributed by atoms with E-state index in [0.717, 1.165) is 12.8 Å². The van der Waals surface area contributed by atoms with Gasteiger partial charge in [-0.1, -0.05) is 19.3 Å². The first kappa shape index (κ1) is 13.0. The van der Waals surface area contributed by atoms with Gasteiger partial charge in [-0.15, -0.1) is 0 Å². The third kappa shape index (κ3) is 3.81. The first-order chi connectivity index (χ1) is 7.65. The van der Waals surface area contributed by atoms with Gasteiger partial charge in [0, 0.05) is 6.54 Å². The molecule has 16 heavy (non-hydrogen) atoms. The maximum absolute atomic E-state index is 11.5. The second-order valence-electron chi connectivity index (χ2n) is 4.31. The van der Waals surface area contributed by atoms with E-state index in [1.54, 1.807) is 0 Å². The maximum atomic E-state index is 11.5. The van der Waals surface area contributed by atoms with E-state index < -0.39 is 17.9 Å². The standard InChI is InChI=1S/C11H20N2O3/c1-12-9(11(15)16)10(14)13-7-8-5-3-2-4-6-8/h8-9,12H,2-7H2,1H3,(H,13,14)(H,15,16). The van der Waals surface area contributed by atoms with E-state index >= 15 is 0 Å². The van der Waals surface area contributed by atoms with Crippen LogP contribution in [0, 0.1) is 5.92 Å². The fraction of sp³-hybridized carbons (Fsp3) is 0.818. The maximum Gasteiger partial charge on any atom is 0.330 e. The largest absolute Gasteiger partial charge is 0.480 e. The third-order valence-corrected chi connectivity index (χ3v) is 3.09. The second-order valence-corrected chi connectivity index (χ2v) is 4.31. The molecular formula is C11H20N2O3. The summed E-state index contributed by atoms with van der Waals surface area (Å²) in [7, 11) is 1.47. The Balaban J connectivity index is 2.30. The van der Waals surface area contributed by atoms with Crippen molar-refractivity contribution in [3.8, 4) is 0 Å². The van der Waals surface area contributed by atoms with Crippen molar-refractivity contribution in [2.75, 3.05) is 13.6 Å². The summed E-state index contributed by atoms with van der Waals surface area (Å²) in [5.74, 6) is -1.06. The number of hydrogen-bond acceptors (Lipinski definition) is 3. The van der Waals surface area contributed by atoms with Gasteiger partial charge < -0.3 is 10.4 Å². The Hall–Kier alpha value is -1.10. The predicted octanol–water partition coefficient (Wildman–Crippen LogP) is 0.355. The van der Waals surface area contributed by atoms with Crippen molar-refractivity contribution < 1.29 is 14.7 Å². The Bertz CT molecular complexity index is 250. The number of carboxylic acids is 1. The van der Waals surface area contributed by atoms with E-state index in [0.29, 0.717) is 12.5 Å². The fourth-order valence-electron chi connectivity index (χ4n) is 2.10. The van der Waals surface area contributed by atoms with E-state index in [1.165, 1.54) is 26.3 Å². The van der Waals surface area contributed by atoms with Gasteiger partial charge in [0.1, 0.15) is 0 Å². The quantitative estimate of drug-likeness (QED) is 0.593. The van der Waals surface area contributed by atoms with Crippen molar-refractivity contribution in [3.63, 3.8) is 0 Å². The third-order valence-electron chi connectivity index (χ3n) is 3.09. The van der Waals surface area contributed by atoms with Gasteiger partial charge in [-0.2, -0.15) is 0 Å². The number of amides is 1. The lowest BCUT2D eigenvalue weighted by Gasteiger charge is -2.22. The fourth-order valence-corrected chi connectivity index (χ4v) is 2.10. The van der Waals surface area contributed by atoms with Crippen LogP contribution in [0.2, 0.25) is 0 Å². The number of carbonyl (C=O) groups excluding carboxylic acids is 1. The van der Waals surface area contributed by atoms with E-state index in [2.05, 4.69) is 10.6 Å². The molecule has 3 N–H and O–H groups in total. The van der Waals surface area contributed by atoms with E-state index in [-0.39, 0.29) is 0 Å². The van der Waals surface area contributed by atoms with Crippen LogP contribution in [-0.4, -0.2) is 36.6 Å². The molecule has 0 aromatic rings. The van der Waals surface area contributed by atoms with Crippen LogP contribution in [0.25, 0.3) is 0 Å². The number of carboxylic acid groups (broad SMARTS) is 1. The smallest absolute Gasteiger partial charge is 0.330 e. The Kier molecular flexibility index (Phi) is 5.25. The van der Waals surface area contributed by atoms with Crippen LogP contribution < -0.4 is 10.6 Å². The highest BCUT2D eigenvalue weighted by atomic mass is 16.4. The molecule has 1 atom stereocenters. The molecule has 0 saturated heterocycles. The van der Waals surface area contributed by atoms with Gasteiger partial charge >= 0.3 is 5.97 Å². The molecule has 0 heterocycles. The Morgan fingerprint density at radius 1 is 1.31 bits per heavy atom. The molecule has 1 saturated carbocycles. The molecule has 1 amide bonds. The summed E-state index contributed by atoms with van der Waals surface area (Å²) < 4.78 is 0. The normalized spacial score (nSPS) is 19.1. The van der Waals surface area contributed by atoms with Gasteiger partial charge in [0.25, 0.3) is 0 Å². The van der Waals surface area contributed by atoms with Crippen molar-refractivity contribution in [1.29, 1.82) is 0 Å². The highest BCUT2D eigenvalue weighted by Gasteiger charge is 2.24. The summed E-state index contributed by atoms with van der Waals surface area (Å²) >= 11 is 0. The number of rotatable bonds is 5. The van der Waals surface area contributed by atoms with Gasteiger partial charge in [0.15, 0.2) is 6.04 Å². The van der Waals surface area contributed by atoms with Crippen LogP contribution >= 0.6 is 0 Å². The minimum atomic E-state index is -1.14. The summed E-state index contributed by atoms with van der Waals surface area (Å²) in [5.41, 5.74) is 0. The molecule has 1 fully saturated rings. The van der Waals surface area contributed by atoms with Crippen molar-refractivity contribution >= 4 is 11.9 Å². The lowest BCUT2D eigenvalue weighted by atomic mass is 9.89. The number of likely N-dealkylation sites (N-methyl/N-ethyl adjacent to an activating group) is 1. The van der Waals surface area contributed by atoms with Gasteiger partial charge in [-0.05, 0) is 25.8 Å². The molecule has 0 aromatic heterocycles. The zero-order valence-corrected chi connectivity index (χ0v) is 9.66. The molecule has 92 valence electrons. The monoisotopic (exact) mass is 228 g/mol. The minimum Gasteiger partial charge on any atom is -0.480 e. The Morgan fingerprint density at radius 2 is 1.94 bits per heavy atom. The second kappa shape index (κ2) is 6.48. The molecule has 5 heteroatoms. The van der Waals surface area contributed by atoms with Crippen molar-refractivity contribution in [2.24, 2.45) is 5.92 Å². The van der Waals surface area contributed by atoms with Gasteiger partial charge in [-0.3, -0.25) is 10.1 Å². The highest BCUT2D eigenvalue weighted by Crippen LogP contribution is 2.22. The lowest BCUT2D eigenvalue weighted by molar-refractivity contribution is -0.143. The Morgan fingerprint density at radius 3 is 2.44 bits per heavy atom. The summed E-state index contributed by atoms with van der Waals surface area (Å²) in [6.45, 7) is 0.601. The molecule has 1 unspecified atom stereocenters. The number of nitrogens with one attached hydrogen (secondary N) is 2. The van der Waals surface area contributed by atoms with Crippen LogP contribution in [0.5, 0.6) is 0 Å². The van der Waals surface area contributed by atoms with Gasteiger partial charge in [-0.25, -0.2) is 4.79 Å².